The van der Waals surface area contributed by atoms with Crippen LogP contribution in [0.3, 0.4) is 0 Å². The summed E-state index contributed by atoms with van der Waals surface area (Å²) in [6.45, 7) is 5.15. The van der Waals surface area contributed by atoms with Gasteiger partial charge < -0.3 is 5.32 Å². The lowest BCUT2D eigenvalue weighted by Crippen LogP contribution is -2.23. The highest BCUT2D eigenvalue weighted by atomic mass is 16.1. The Kier molecular flexibility index (Phi) is 18.1. The van der Waals surface area contributed by atoms with E-state index in [2.05, 4.69) is 43.5 Å². The Bertz CT molecular complexity index is 307. The highest BCUT2D eigenvalue weighted by Crippen LogP contribution is 2.08. The minimum absolute atomic E-state index is 0.220. The van der Waals surface area contributed by atoms with E-state index in [9.17, 15) is 4.79 Å². The van der Waals surface area contributed by atoms with E-state index < -0.39 is 0 Å². The standard InChI is InChI=1S/C21H39NO/c1-3-5-6-7-8-9-10-11-12-13-14-15-16-17-18-19-21(23)22-20-4-2/h8-9,11-12H,3-7,10,13-20H2,1-2H3,(H,22,23). The zero-order valence-corrected chi connectivity index (χ0v) is 15.6. The van der Waals surface area contributed by atoms with Crippen LogP contribution < -0.4 is 5.32 Å². The molecule has 0 saturated carbocycles. The Morgan fingerprint density at radius 1 is 0.739 bits per heavy atom. The molecule has 0 heterocycles. The average Bonchev–Trinajstić information content (AvgIpc) is 2.56. The van der Waals surface area contributed by atoms with Crippen molar-refractivity contribution in [2.45, 2.75) is 97.3 Å². The van der Waals surface area contributed by atoms with Crippen molar-refractivity contribution in [2.75, 3.05) is 6.54 Å². The maximum Gasteiger partial charge on any atom is 0.219 e. The molecule has 0 rings (SSSR count). The normalized spacial score (nSPS) is 11.6. The second-order valence-electron chi connectivity index (χ2n) is 6.33. The summed E-state index contributed by atoms with van der Waals surface area (Å²) in [6, 6.07) is 0. The van der Waals surface area contributed by atoms with Gasteiger partial charge in [0.2, 0.25) is 5.91 Å². The lowest BCUT2D eigenvalue weighted by molar-refractivity contribution is -0.121. The Labute approximate surface area is 144 Å². The van der Waals surface area contributed by atoms with Crippen molar-refractivity contribution in [1.29, 1.82) is 0 Å². The van der Waals surface area contributed by atoms with Gasteiger partial charge in [0, 0.05) is 13.0 Å². The van der Waals surface area contributed by atoms with E-state index in [1.807, 2.05) is 0 Å². The van der Waals surface area contributed by atoms with Crippen LogP contribution in [0.15, 0.2) is 24.3 Å². The summed E-state index contributed by atoms with van der Waals surface area (Å²) < 4.78 is 0. The first-order valence-corrected chi connectivity index (χ1v) is 9.88. The third-order valence-corrected chi connectivity index (χ3v) is 3.93. The van der Waals surface area contributed by atoms with Gasteiger partial charge in [0.05, 0.1) is 0 Å². The van der Waals surface area contributed by atoms with Crippen LogP contribution in [0.25, 0.3) is 0 Å². The van der Waals surface area contributed by atoms with Gasteiger partial charge in [0.15, 0.2) is 0 Å². The van der Waals surface area contributed by atoms with Crippen LogP contribution in [0, 0.1) is 0 Å². The third-order valence-electron chi connectivity index (χ3n) is 3.93. The molecule has 0 fully saturated rings. The van der Waals surface area contributed by atoms with E-state index in [0.717, 1.165) is 25.8 Å². The van der Waals surface area contributed by atoms with E-state index >= 15 is 0 Å². The number of amides is 1. The van der Waals surface area contributed by atoms with Crippen molar-refractivity contribution in [3.63, 3.8) is 0 Å². The van der Waals surface area contributed by atoms with Gasteiger partial charge in [0.25, 0.3) is 0 Å². The van der Waals surface area contributed by atoms with Crippen LogP contribution in [0.4, 0.5) is 0 Å². The van der Waals surface area contributed by atoms with Crippen molar-refractivity contribution < 1.29 is 4.79 Å². The maximum atomic E-state index is 11.4. The highest BCUT2D eigenvalue weighted by molar-refractivity contribution is 5.75. The van der Waals surface area contributed by atoms with Crippen molar-refractivity contribution in [3.8, 4) is 0 Å². The van der Waals surface area contributed by atoms with Gasteiger partial charge in [-0.15, -0.1) is 0 Å². The van der Waals surface area contributed by atoms with E-state index in [0.29, 0.717) is 6.42 Å². The molecule has 0 radical (unpaired) electrons. The van der Waals surface area contributed by atoms with Crippen molar-refractivity contribution >= 4 is 5.91 Å². The maximum absolute atomic E-state index is 11.4. The zero-order valence-electron chi connectivity index (χ0n) is 15.6. The summed E-state index contributed by atoms with van der Waals surface area (Å²) >= 11 is 0. The summed E-state index contributed by atoms with van der Waals surface area (Å²) in [4.78, 5) is 11.4. The molecule has 0 unspecified atom stereocenters. The van der Waals surface area contributed by atoms with E-state index in [1.54, 1.807) is 0 Å². The Morgan fingerprint density at radius 2 is 1.35 bits per heavy atom. The van der Waals surface area contributed by atoms with Gasteiger partial charge in [-0.1, -0.05) is 70.3 Å². The van der Waals surface area contributed by atoms with Gasteiger partial charge in [-0.05, 0) is 44.9 Å². The summed E-state index contributed by atoms with van der Waals surface area (Å²) in [7, 11) is 0. The SMILES string of the molecule is CCCCCC=CCC=CCCCCCCCC(=O)NCCC. The minimum Gasteiger partial charge on any atom is -0.356 e. The van der Waals surface area contributed by atoms with E-state index in [-0.39, 0.29) is 5.91 Å². The summed E-state index contributed by atoms with van der Waals surface area (Å²) in [5.74, 6) is 0.220. The molecule has 0 bridgehead atoms. The molecule has 1 N–H and O–H groups in total. The molecule has 2 heteroatoms. The lowest BCUT2D eigenvalue weighted by atomic mass is 10.1. The van der Waals surface area contributed by atoms with Gasteiger partial charge in [0.1, 0.15) is 0 Å². The van der Waals surface area contributed by atoms with Crippen LogP contribution >= 0.6 is 0 Å². The molecule has 0 spiro atoms. The predicted octanol–water partition coefficient (Wildman–Crippen LogP) is 6.33. The molecule has 134 valence electrons. The fourth-order valence-electron chi connectivity index (χ4n) is 2.45. The molecule has 0 atom stereocenters. The minimum atomic E-state index is 0.220. The lowest BCUT2D eigenvalue weighted by Gasteiger charge is -2.03. The van der Waals surface area contributed by atoms with E-state index in [1.165, 1.54) is 57.8 Å². The zero-order chi connectivity index (χ0) is 17.0. The highest BCUT2D eigenvalue weighted by Gasteiger charge is 1.98. The van der Waals surface area contributed by atoms with Crippen molar-refractivity contribution in [2.24, 2.45) is 0 Å². The second-order valence-corrected chi connectivity index (χ2v) is 6.33. The predicted molar refractivity (Wildman–Crippen MR) is 103 cm³/mol. The molecule has 1 amide bonds. The van der Waals surface area contributed by atoms with Crippen molar-refractivity contribution in [3.05, 3.63) is 24.3 Å². The van der Waals surface area contributed by atoms with Gasteiger partial charge in [-0.2, -0.15) is 0 Å². The molecule has 0 aromatic rings. The number of carbonyl (C=O) groups excluding carboxylic acids is 1. The van der Waals surface area contributed by atoms with Crippen LogP contribution in [-0.2, 0) is 4.79 Å². The summed E-state index contributed by atoms with van der Waals surface area (Å²) in [5, 5.41) is 2.93. The molecule has 0 aromatic carbocycles. The fraction of sp³-hybridized carbons (Fsp3) is 0.762. The summed E-state index contributed by atoms with van der Waals surface area (Å²) in [6.07, 6.45) is 24.5. The fourth-order valence-corrected chi connectivity index (χ4v) is 2.45. The van der Waals surface area contributed by atoms with E-state index in [4.69, 9.17) is 0 Å². The van der Waals surface area contributed by atoms with Crippen LogP contribution in [0.2, 0.25) is 0 Å². The third kappa shape index (κ3) is 18.9. The average molecular weight is 322 g/mol. The van der Waals surface area contributed by atoms with Gasteiger partial charge >= 0.3 is 0 Å². The number of unbranched alkanes of at least 4 members (excludes halogenated alkanes) is 8. The van der Waals surface area contributed by atoms with Crippen LogP contribution in [0.1, 0.15) is 97.3 Å². The largest absolute Gasteiger partial charge is 0.356 e. The molecule has 0 aliphatic rings. The number of rotatable bonds is 16. The first-order chi connectivity index (χ1) is 11.3. The second kappa shape index (κ2) is 19.0. The molecule has 0 aliphatic carbocycles. The molecule has 0 aliphatic heterocycles. The topological polar surface area (TPSA) is 29.1 Å². The number of nitrogens with one attached hydrogen (secondary N) is 1. The van der Waals surface area contributed by atoms with Gasteiger partial charge in [-0.3, -0.25) is 4.79 Å². The Hall–Kier alpha value is -1.05. The number of hydrogen-bond acceptors (Lipinski definition) is 1. The summed E-state index contributed by atoms with van der Waals surface area (Å²) in [5.41, 5.74) is 0. The monoisotopic (exact) mass is 321 g/mol. The first-order valence-electron chi connectivity index (χ1n) is 9.88. The molecule has 23 heavy (non-hydrogen) atoms. The molecular weight excluding hydrogens is 282 g/mol. The number of allylic oxidation sites excluding steroid dienone is 4. The molecule has 2 nitrogen and oxygen atoms in total. The molecular formula is C21H39NO. The molecule has 0 saturated heterocycles. The Balaban J connectivity index is 3.23. The first kappa shape index (κ1) is 21.9. The molecule has 0 aromatic heterocycles. The van der Waals surface area contributed by atoms with Crippen LogP contribution in [0.5, 0.6) is 0 Å². The van der Waals surface area contributed by atoms with Gasteiger partial charge in [-0.25, -0.2) is 0 Å². The van der Waals surface area contributed by atoms with Crippen LogP contribution in [-0.4, -0.2) is 12.5 Å². The smallest absolute Gasteiger partial charge is 0.219 e. The Morgan fingerprint density at radius 3 is 2.00 bits per heavy atom. The quantitative estimate of drug-likeness (QED) is 0.261. The number of carbonyl (C=O) groups is 1. The number of hydrogen-bond donors (Lipinski definition) is 1. The van der Waals surface area contributed by atoms with Crippen molar-refractivity contribution in [1.82, 2.24) is 5.32 Å².